The van der Waals surface area contributed by atoms with Gasteiger partial charge < -0.3 is 4.90 Å². The van der Waals surface area contributed by atoms with Gasteiger partial charge in [-0.1, -0.05) is 55.5 Å². The minimum absolute atomic E-state index is 0.114. The van der Waals surface area contributed by atoms with Gasteiger partial charge in [-0.3, -0.25) is 14.2 Å². The highest BCUT2D eigenvalue weighted by Gasteiger charge is 2.27. The van der Waals surface area contributed by atoms with Crippen molar-refractivity contribution >= 4 is 22.9 Å². The van der Waals surface area contributed by atoms with Crippen LogP contribution in [0.5, 0.6) is 0 Å². The maximum atomic E-state index is 13.8. The normalized spacial score (nSPS) is 12.2. The van der Waals surface area contributed by atoms with Crippen molar-refractivity contribution in [2.75, 3.05) is 6.54 Å². The van der Waals surface area contributed by atoms with Gasteiger partial charge in [0.2, 0.25) is 5.91 Å². The van der Waals surface area contributed by atoms with Crippen molar-refractivity contribution in [1.82, 2.24) is 14.5 Å². The second kappa shape index (κ2) is 10.5. The first-order valence-electron chi connectivity index (χ1n) is 12.1. The summed E-state index contributed by atoms with van der Waals surface area (Å²) in [7, 11) is 0. The molecule has 0 spiro atoms. The molecule has 0 aliphatic heterocycles. The standard InChI is InChI=1S/C30H31N3O2/c1-5-27(32(6-2)28(34)19-17-23-12-8-7-9-13-23)29-31-26-15-11-10-14-25(26)30(35)33(29)24-18-16-21(3)22(4)20-24/h7-20,27H,5-6H2,1-4H3/b19-17+. The van der Waals surface area contributed by atoms with E-state index in [2.05, 4.69) is 0 Å². The number of aryl methyl sites for hydroxylation is 2. The summed E-state index contributed by atoms with van der Waals surface area (Å²) in [6, 6.07) is 22.7. The fraction of sp³-hybridized carbons (Fsp3) is 0.233. The maximum absolute atomic E-state index is 13.8. The molecule has 1 heterocycles. The number of benzene rings is 3. The lowest BCUT2D eigenvalue weighted by molar-refractivity contribution is -0.128. The molecule has 0 saturated heterocycles. The van der Waals surface area contributed by atoms with E-state index in [0.717, 1.165) is 22.4 Å². The van der Waals surface area contributed by atoms with Crippen LogP contribution in [0.1, 0.15) is 48.8 Å². The molecule has 0 fully saturated rings. The van der Waals surface area contributed by atoms with Gasteiger partial charge in [-0.25, -0.2) is 4.98 Å². The molecule has 0 aliphatic rings. The van der Waals surface area contributed by atoms with Gasteiger partial charge in [0, 0.05) is 12.6 Å². The van der Waals surface area contributed by atoms with Gasteiger partial charge in [0.05, 0.1) is 22.6 Å². The van der Waals surface area contributed by atoms with Gasteiger partial charge in [-0.2, -0.15) is 0 Å². The molecule has 1 amide bonds. The number of para-hydroxylation sites is 1. The Balaban J connectivity index is 1.86. The number of amides is 1. The largest absolute Gasteiger partial charge is 0.329 e. The lowest BCUT2D eigenvalue weighted by atomic mass is 10.1. The van der Waals surface area contributed by atoms with E-state index < -0.39 is 0 Å². The average Bonchev–Trinajstić information content (AvgIpc) is 2.88. The first kappa shape index (κ1) is 24.1. The molecule has 0 aliphatic carbocycles. The van der Waals surface area contributed by atoms with Crippen LogP contribution in [0, 0.1) is 13.8 Å². The molecular formula is C30H31N3O2. The van der Waals surface area contributed by atoms with Gasteiger partial charge >= 0.3 is 0 Å². The predicted octanol–water partition coefficient (Wildman–Crippen LogP) is 6.02. The average molecular weight is 466 g/mol. The minimum Gasteiger partial charge on any atom is -0.329 e. The van der Waals surface area contributed by atoms with E-state index in [0.29, 0.717) is 29.7 Å². The molecule has 4 aromatic rings. The SMILES string of the molecule is CCC(c1nc2ccccc2c(=O)n1-c1ccc(C)c(C)c1)N(CC)C(=O)/C=C/c1ccccc1. The number of hydrogen-bond acceptors (Lipinski definition) is 3. The van der Waals surface area contributed by atoms with Crippen molar-refractivity contribution in [3.05, 3.63) is 112 Å². The van der Waals surface area contributed by atoms with Gasteiger partial charge in [-0.05, 0) is 74.2 Å². The summed E-state index contributed by atoms with van der Waals surface area (Å²) in [5.41, 5.74) is 4.47. The van der Waals surface area contributed by atoms with Crippen molar-refractivity contribution in [3.63, 3.8) is 0 Å². The van der Waals surface area contributed by atoms with Gasteiger partial charge in [-0.15, -0.1) is 0 Å². The molecule has 5 heteroatoms. The Morgan fingerprint density at radius 3 is 2.37 bits per heavy atom. The first-order chi connectivity index (χ1) is 16.9. The lowest BCUT2D eigenvalue weighted by Crippen LogP contribution is -2.37. The Morgan fingerprint density at radius 2 is 1.69 bits per heavy atom. The highest BCUT2D eigenvalue weighted by atomic mass is 16.2. The predicted molar refractivity (Wildman–Crippen MR) is 143 cm³/mol. The van der Waals surface area contributed by atoms with E-state index in [1.165, 1.54) is 0 Å². The smallest absolute Gasteiger partial charge is 0.266 e. The Hall–Kier alpha value is -3.99. The van der Waals surface area contributed by atoms with Crippen LogP contribution in [0.4, 0.5) is 0 Å². The number of nitrogens with zero attached hydrogens (tertiary/aromatic N) is 3. The number of rotatable bonds is 7. The molecule has 0 saturated carbocycles. The molecule has 5 nitrogen and oxygen atoms in total. The zero-order valence-corrected chi connectivity index (χ0v) is 20.7. The molecule has 1 atom stereocenters. The number of fused-ring (bicyclic) bond motifs is 1. The Morgan fingerprint density at radius 1 is 0.971 bits per heavy atom. The molecular weight excluding hydrogens is 434 g/mol. The van der Waals surface area contributed by atoms with E-state index in [-0.39, 0.29) is 17.5 Å². The summed E-state index contributed by atoms with van der Waals surface area (Å²) in [5, 5.41) is 0.558. The second-order valence-electron chi connectivity index (χ2n) is 8.69. The first-order valence-corrected chi connectivity index (χ1v) is 12.1. The number of carbonyl (C=O) groups excluding carboxylic acids is 1. The summed E-state index contributed by atoms with van der Waals surface area (Å²) < 4.78 is 1.68. The molecule has 1 unspecified atom stereocenters. The Bertz CT molecular complexity index is 1440. The van der Waals surface area contributed by atoms with E-state index in [1.807, 2.05) is 101 Å². The van der Waals surface area contributed by atoms with Crippen molar-refractivity contribution < 1.29 is 4.79 Å². The van der Waals surface area contributed by atoms with Crippen molar-refractivity contribution in [2.45, 2.75) is 40.2 Å². The molecule has 0 N–H and O–H groups in total. The number of aromatic nitrogens is 2. The van der Waals surface area contributed by atoms with E-state index in [9.17, 15) is 9.59 Å². The summed E-state index contributed by atoms with van der Waals surface area (Å²) in [4.78, 5) is 33.8. The zero-order valence-electron chi connectivity index (χ0n) is 20.7. The molecule has 0 bridgehead atoms. The van der Waals surface area contributed by atoms with E-state index in [4.69, 9.17) is 4.98 Å². The molecule has 3 aromatic carbocycles. The fourth-order valence-electron chi connectivity index (χ4n) is 4.39. The Kier molecular flexibility index (Phi) is 7.25. The quantitative estimate of drug-likeness (QED) is 0.314. The second-order valence-corrected chi connectivity index (χ2v) is 8.69. The molecule has 178 valence electrons. The minimum atomic E-state index is -0.369. The van der Waals surface area contributed by atoms with Crippen LogP contribution in [-0.4, -0.2) is 26.9 Å². The third kappa shape index (κ3) is 4.94. The van der Waals surface area contributed by atoms with Crippen molar-refractivity contribution in [2.24, 2.45) is 0 Å². The number of carbonyl (C=O) groups is 1. The van der Waals surface area contributed by atoms with E-state index in [1.54, 1.807) is 21.6 Å². The molecule has 35 heavy (non-hydrogen) atoms. The Labute approximate surface area is 206 Å². The van der Waals surface area contributed by atoms with Crippen LogP contribution in [-0.2, 0) is 4.79 Å². The van der Waals surface area contributed by atoms with Crippen LogP contribution in [0.3, 0.4) is 0 Å². The highest BCUT2D eigenvalue weighted by molar-refractivity contribution is 5.92. The summed E-state index contributed by atoms with van der Waals surface area (Å²) in [6.45, 7) is 8.55. The molecule has 4 rings (SSSR count). The van der Waals surface area contributed by atoms with Crippen LogP contribution in [0.2, 0.25) is 0 Å². The number of likely N-dealkylation sites (N-methyl/N-ethyl adjacent to an activating group) is 1. The number of hydrogen-bond donors (Lipinski definition) is 0. The molecule has 0 radical (unpaired) electrons. The molecule has 1 aromatic heterocycles. The third-order valence-electron chi connectivity index (χ3n) is 6.45. The highest BCUT2D eigenvalue weighted by Crippen LogP contribution is 2.27. The summed E-state index contributed by atoms with van der Waals surface area (Å²) in [6.07, 6.45) is 4.04. The fourth-order valence-corrected chi connectivity index (χ4v) is 4.39. The lowest BCUT2D eigenvalue weighted by Gasteiger charge is -2.30. The summed E-state index contributed by atoms with van der Waals surface area (Å²) in [5.74, 6) is 0.458. The maximum Gasteiger partial charge on any atom is 0.266 e. The van der Waals surface area contributed by atoms with Gasteiger partial charge in [0.15, 0.2) is 0 Å². The van der Waals surface area contributed by atoms with Gasteiger partial charge in [0.25, 0.3) is 5.56 Å². The monoisotopic (exact) mass is 465 g/mol. The topological polar surface area (TPSA) is 55.2 Å². The van der Waals surface area contributed by atoms with Crippen molar-refractivity contribution in [1.29, 1.82) is 0 Å². The third-order valence-corrected chi connectivity index (χ3v) is 6.45. The van der Waals surface area contributed by atoms with E-state index >= 15 is 0 Å². The summed E-state index contributed by atoms with van der Waals surface area (Å²) >= 11 is 0. The van der Waals surface area contributed by atoms with Crippen LogP contribution in [0.25, 0.3) is 22.7 Å². The van der Waals surface area contributed by atoms with Crippen LogP contribution >= 0.6 is 0 Å². The van der Waals surface area contributed by atoms with Crippen LogP contribution < -0.4 is 5.56 Å². The zero-order chi connectivity index (χ0) is 24.9. The van der Waals surface area contributed by atoms with Gasteiger partial charge in [0.1, 0.15) is 5.82 Å². The van der Waals surface area contributed by atoms with Crippen LogP contribution in [0.15, 0.2) is 83.7 Å². The van der Waals surface area contributed by atoms with Crippen molar-refractivity contribution in [3.8, 4) is 5.69 Å².